The van der Waals surface area contributed by atoms with Gasteiger partial charge in [-0.15, -0.1) is 0 Å². The molecule has 0 fully saturated rings. The molecule has 0 aliphatic carbocycles. The van der Waals surface area contributed by atoms with Crippen LogP contribution < -0.4 is 5.32 Å². The zero-order valence-corrected chi connectivity index (χ0v) is 17.1. The van der Waals surface area contributed by atoms with E-state index in [0.29, 0.717) is 28.5 Å². The molecule has 134 valence electrons. The van der Waals surface area contributed by atoms with Crippen LogP contribution in [0.4, 0.5) is 10.1 Å². The monoisotopic (exact) mass is 483 g/mol. The zero-order valence-electron chi connectivity index (χ0n) is 14.2. The Labute approximate surface area is 169 Å². The summed E-state index contributed by atoms with van der Waals surface area (Å²) in [7, 11) is 0. The Morgan fingerprint density at radius 1 is 1.27 bits per heavy atom. The molecule has 3 rings (SSSR count). The van der Waals surface area contributed by atoms with Crippen molar-refractivity contribution in [3.63, 3.8) is 0 Å². The second kappa shape index (κ2) is 7.75. The maximum Gasteiger partial charge on any atom is 0.256 e. The van der Waals surface area contributed by atoms with E-state index in [0.717, 1.165) is 14.8 Å². The van der Waals surface area contributed by atoms with Gasteiger partial charge in [-0.3, -0.25) is 9.48 Å². The quantitative estimate of drug-likeness (QED) is 0.519. The lowest BCUT2D eigenvalue weighted by atomic mass is 10.2. The van der Waals surface area contributed by atoms with Gasteiger partial charge in [-0.05, 0) is 66.3 Å². The molecule has 0 saturated heterocycles. The smallest absolute Gasteiger partial charge is 0.256 e. The zero-order chi connectivity index (χ0) is 18.8. The normalized spacial score (nSPS) is 10.8. The number of amides is 1. The highest BCUT2D eigenvalue weighted by molar-refractivity contribution is 14.1. The molecule has 3 aromatic rings. The van der Waals surface area contributed by atoms with Crippen LogP contribution in [0, 0.1) is 23.2 Å². The van der Waals surface area contributed by atoms with Gasteiger partial charge in [0.25, 0.3) is 5.91 Å². The van der Waals surface area contributed by atoms with E-state index in [-0.39, 0.29) is 11.7 Å². The molecular formula is C19H16ClFIN3O. The third-order valence-electron chi connectivity index (χ3n) is 4.07. The van der Waals surface area contributed by atoms with Crippen LogP contribution in [0.2, 0.25) is 5.02 Å². The molecule has 0 atom stereocenters. The molecule has 1 heterocycles. The van der Waals surface area contributed by atoms with Crippen LogP contribution in [0.3, 0.4) is 0 Å². The first-order valence-corrected chi connectivity index (χ1v) is 9.36. The number of hydrogen-bond acceptors (Lipinski definition) is 2. The maximum atomic E-state index is 13.2. The Kier molecular flexibility index (Phi) is 5.62. The highest BCUT2D eigenvalue weighted by atomic mass is 127. The van der Waals surface area contributed by atoms with E-state index in [2.05, 4.69) is 33.0 Å². The number of carbonyl (C=O) groups excluding carboxylic acids is 1. The van der Waals surface area contributed by atoms with E-state index in [1.165, 1.54) is 12.1 Å². The molecule has 0 bridgehead atoms. The second-order valence-corrected chi connectivity index (χ2v) is 7.44. The third-order valence-corrected chi connectivity index (χ3v) is 5.37. The van der Waals surface area contributed by atoms with Crippen molar-refractivity contribution in [2.24, 2.45) is 0 Å². The number of nitrogens with zero attached hydrogens (tertiary/aromatic N) is 2. The lowest BCUT2D eigenvalue weighted by Crippen LogP contribution is -2.14. The van der Waals surface area contributed by atoms with Crippen molar-refractivity contribution in [3.8, 4) is 0 Å². The van der Waals surface area contributed by atoms with E-state index in [1.54, 1.807) is 16.8 Å². The molecule has 0 radical (unpaired) electrons. The number of hydrogen-bond donors (Lipinski definition) is 1. The van der Waals surface area contributed by atoms with Gasteiger partial charge in [0, 0.05) is 8.59 Å². The van der Waals surface area contributed by atoms with Crippen molar-refractivity contribution >= 4 is 45.8 Å². The van der Waals surface area contributed by atoms with E-state index in [4.69, 9.17) is 11.6 Å². The van der Waals surface area contributed by atoms with Crippen LogP contribution in [0.25, 0.3) is 0 Å². The number of aryl methyl sites for hydroxylation is 1. The minimum absolute atomic E-state index is 0.180. The van der Waals surface area contributed by atoms with Gasteiger partial charge in [0.05, 0.1) is 29.2 Å². The molecule has 0 unspecified atom stereocenters. The van der Waals surface area contributed by atoms with Crippen molar-refractivity contribution in [2.75, 3.05) is 5.32 Å². The lowest BCUT2D eigenvalue weighted by molar-refractivity contribution is 0.102. The number of carbonyl (C=O) groups is 1. The van der Waals surface area contributed by atoms with E-state index in [1.807, 2.05) is 32.0 Å². The van der Waals surface area contributed by atoms with Crippen LogP contribution in [-0.4, -0.2) is 15.7 Å². The minimum Gasteiger partial charge on any atom is -0.319 e. The molecular weight excluding hydrogens is 468 g/mol. The summed E-state index contributed by atoms with van der Waals surface area (Å²) in [4.78, 5) is 12.6. The average Bonchev–Trinajstić information content (AvgIpc) is 2.85. The Bertz CT molecular complexity index is 987. The molecule has 26 heavy (non-hydrogen) atoms. The molecule has 7 heteroatoms. The fourth-order valence-corrected chi connectivity index (χ4v) is 3.53. The molecule has 0 spiro atoms. The molecule has 1 N–H and O–H groups in total. The Balaban J connectivity index is 1.86. The first kappa shape index (κ1) is 18.8. The molecule has 1 amide bonds. The van der Waals surface area contributed by atoms with Gasteiger partial charge in [-0.25, -0.2) is 4.39 Å². The van der Waals surface area contributed by atoms with Gasteiger partial charge in [0.1, 0.15) is 5.82 Å². The van der Waals surface area contributed by atoms with E-state index >= 15 is 0 Å². The number of anilines is 1. The van der Waals surface area contributed by atoms with Crippen LogP contribution in [0.1, 0.15) is 27.3 Å². The van der Waals surface area contributed by atoms with Crippen molar-refractivity contribution in [2.45, 2.75) is 20.4 Å². The highest BCUT2D eigenvalue weighted by Crippen LogP contribution is 2.24. The van der Waals surface area contributed by atoms with Crippen molar-refractivity contribution in [3.05, 3.63) is 79.4 Å². The lowest BCUT2D eigenvalue weighted by Gasteiger charge is -2.09. The third kappa shape index (κ3) is 3.91. The standard InChI is InChI=1S/C19H16ClFIN3O/c1-11-18(23-19(26)15-5-3-4-6-17(15)22)12(2)25(24-11)10-13-7-8-14(21)9-16(13)20/h3-9H,10H2,1-2H3,(H,23,26). The topological polar surface area (TPSA) is 46.9 Å². The first-order chi connectivity index (χ1) is 12.4. The predicted molar refractivity (Wildman–Crippen MR) is 109 cm³/mol. The molecule has 2 aromatic carbocycles. The van der Waals surface area contributed by atoms with Gasteiger partial charge in [0.2, 0.25) is 0 Å². The molecule has 0 saturated carbocycles. The number of benzene rings is 2. The van der Waals surface area contributed by atoms with Crippen LogP contribution in [-0.2, 0) is 6.54 Å². The summed E-state index contributed by atoms with van der Waals surface area (Å²) in [6.45, 7) is 4.11. The Morgan fingerprint density at radius 2 is 2.00 bits per heavy atom. The van der Waals surface area contributed by atoms with Crippen molar-refractivity contribution < 1.29 is 9.18 Å². The SMILES string of the molecule is Cc1nn(Cc2ccc(F)cc2Cl)c(C)c1NC(=O)c1ccccc1I. The van der Waals surface area contributed by atoms with Gasteiger partial charge in [-0.2, -0.15) is 5.10 Å². The Morgan fingerprint density at radius 3 is 2.69 bits per heavy atom. The summed E-state index contributed by atoms with van der Waals surface area (Å²) < 4.78 is 15.8. The summed E-state index contributed by atoms with van der Waals surface area (Å²) in [5.74, 6) is -0.557. The average molecular weight is 484 g/mol. The summed E-state index contributed by atoms with van der Waals surface area (Å²) in [5.41, 5.74) is 3.56. The van der Waals surface area contributed by atoms with Crippen molar-refractivity contribution in [1.29, 1.82) is 0 Å². The molecule has 1 aromatic heterocycles. The second-order valence-electron chi connectivity index (χ2n) is 5.87. The van der Waals surface area contributed by atoms with E-state index in [9.17, 15) is 9.18 Å². The summed E-state index contributed by atoms with van der Waals surface area (Å²) >= 11 is 8.24. The van der Waals surface area contributed by atoms with Crippen LogP contribution in [0.5, 0.6) is 0 Å². The highest BCUT2D eigenvalue weighted by Gasteiger charge is 2.17. The van der Waals surface area contributed by atoms with Gasteiger partial charge < -0.3 is 5.32 Å². The molecule has 4 nitrogen and oxygen atoms in total. The molecule has 0 aliphatic rings. The maximum absolute atomic E-state index is 13.2. The van der Waals surface area contributed by atoms with Gasteiger partial charge >= 0.3 is 0 Å². The number of halogens is 3. The first-order valence-electron chi connectivity index (χ1n) is 7.90. The fourth-order valence-electron chi connectivity index (χ4n) is 2.67. The summed E-state index contributed by atoms with van der Waals surface area (Å²) in [6.07, 6.45) is 0. The van der Waals surface area contributed by atoms with Crippen LogP contribution >= 0.6 is 34.2 Å². The number of rotatable bonds is 4. The largest absolute Gasteiger partial charge is 0.319 e. The summed E-state index contributed by atoms with van der Waals surface area (Å²) in [6, 6.07) is 11.7. The fraction of sp³-hybridized carbons (Fsp3) is 0.158. The summed E-state index contributed by atoms with van der Waals surface area (Å²) in [5, 5.41) is 7.78. The van der Waals surface area contributed by atoms with Crippen LogP contribution in [0.15, 0.2) is 42.5 Å². The molecule has 0 aliphatic heterocycles. The van der Waals surface area contributed by atoms with Gasteiger partial charge in [0.15, 0.2) is 0 Å². The van der Waals surface area contributed by atoms with Crippen molar-refractivity contribution in [1.82, 2.24) is 9.78 Å². The number of aromatic nitrogens is 2. The van der Waals surface area contributed by atoms with Gasteiger partial charge in [-0.1, -0.05) is 29.8 Å². The predicted octanol–water partition coefficient (Wildman–Crippen LogP) is 5.20. The Hall–Kier alpha value is -1.93. The number of nitrogens with one attached hydrogen (secondary N) is 1. The van der Waals surface area contributed by atoms with E-state index < -0.39 is 0 Å². The minimum atomic E-state index is -0.377.